The molecule has 0 radical (unpaired) electrons. The molecule has 0 bridgehead atoms. The highest BCUT2D eigenvalue weighted by atomic mass is 16.4. The molecule has 0 aromatic heterocycles. The van der Waals surface area contributed by atoms with E-state index in [1.54, 1.807) is 19.1 Å². The van der Waals surface area contributed by atoms with Gasteiger partial charge in [0.15, 0.2) is 0 Å². The van der Waals surface area contributed by atoms with E-state index in [1.807, 2.05) is 56.3 Å². The summed E-state index contributed by atoms with van der Waals surface area (Å²) in [7, 11) is 0. The molecular weight excluding hydrogens is 490 g/mol. The average Bonchev–Trinajstić information content (AvgIpc) is 2.91. The molecule has 0 unspecified atom stereocenters. The Kier molecular flexibility index (Phi) is 8.38. The van der Waals surface area contributed by atoms with Crippen molar-refractivity contribution in [3.05, 3.63) is 83.4 Å². The predicted octanol–water partition coefficient (Wildman–Crippen LogP) is 6.98. The van der Waals surface area contributed by atoms with Crippen LogP contribution in [0.5, 0.6) is 0 Å². The molecule has 3 aromatic rings. The minimum absolute atomic E-state index is 0.164. The molecule has 7 heteroatoms. The first-order valence-corrected chi connectivity index (χ1v) is 13.5. The molecule has 0 heterocycles. The number of fused-ring (bicyclic) bond motifs is 1. The molecule has 204 valence electrons. The Labute approximate surface area is 229 Å². The van der Waals surface area contributed by atoms with Gasteiger partial charge in [-0.2, -0.15) is 0 Å². The number of anilines is 2. The number of nitrogens with one attached hydrogen (secondary N) is 3. The van der Waals surface area contributed by atoms with Crippen LogP contribution < -0.4 is 16.0 Å². The van der Waals surface area contributed by atoms with E-state index in [0.29, 0.717) is 11.4 Å². The second-order valence-corrected chi connectivity index (χ2v) is 10.7. The largest absolute Gasteiger partial charge is 0.480 e. The van der Waals surface area contributed by atoms with Gasteiger partial charge in [0.1, 0.15) is 5.54 Å². The van der Waals surface area contributed by atoms with Crippen molar-refractivity contribution in [3.8, 4) is 0 Å². The van der Waals surface area contributed by atoms with E-state index in [0.717, 1.165) is 66.0 Å². The van der Waals surface area contributed by atoms with Crippen LogP contribution in [0.2, 0.25) is 0 Å². The first-order valence-electron chi connectivity index (χ1n) is 13.5. The van der Waals surface area contributed by atoms with Gasteiger partial charge in [0, 0.05) is 5.69 Å². The number of carbonyl (C=O) groups is 3. The normalized spacial score (nSPS) is 15.3. The number of aliphatic carboxylic acids is 1. The quantitative estimate of drug-likeness (QED) is 0.237. The number of rotatable bonds is 8. The van der Waals surface area contributed by atoms with Crippen LogP contribution >= 0.6 is 0 Å². The van der Waals surface area contributed by atoms with Crippen LogP contribution in [-0.4, -0.2) is 28.6 Å². The summed E-state index contributed by atoms with van der Waals surface area (Å²) >= 11 is 0. The Morgan fingerprint density at radius 2 is 1.59 bits per heavy atom. The lowest BCUT2D eigenvalue weighted by molar-refractivity contribution is -0.146. The fraction of sp³-hybridized carbons (Fsp3) is 0.344. The van der Waals surface area contributed by atoms with E-state index in [2.05, 4.69) is 22.5 Å². The molecule has 1 aliphatic carbocycles. The zero-order valence-electron chi connectivity index (χ0n) is 22.9. The first kappa shape index (κ1) is 27.9. The van der Waals surface area contributed by atoms with Crippen molar-refractivity contribution in [1.29, 1.82) is 0 Å². The SMILES string of the molecule is C=CCc1cc(C)c(NC(=O)Nc2cc3ccccc3cc2C(=O)N[C@](C)(C(=O)O)C2CCCCC2)c(C)c1. The molecule has 0 aliphatic heterocycles. The number of urea groups is 1. The third-order valence-corrected chi connectivity index (χ3v) is 7.83. The molecule has 4 rings (SSSR count). The van der Waals surface area contributed by atoms with Gasteiger partial charge < -0.3 is 21.1 Å². The van der Waals surface area contributed by atoms with Crippen molar-refractivity contribution in [1.82, 2.24) is 5.32 Å². The van der Waals surface area contributed by atoms with Crippen molar-refractivity contribution in [2.75, 3.05) is 10.6 Å². The van der Waals surface area contributed by atoms with E-state index < -0.39 is 23.4 Å². The molecular formula is C32H37N3O4. The van der Waals surface area contributed by atoms with Crippen molar-refractivity contribution in [3.63, 3.8) is 0 Å². The van der Waals surface area contributed by atoms with E-state index in [1.165, 1.54) is 0 Å². The molecule has 7 nitrogen and oxygen atoms in total. The molecule has 0 spiro atoms. The van der Waals surface area contributed by atoms with E-state index in [9.17, 15) is 19.5 Å². The van der Waals surface area contributed by atoms with Crippen LogP contribution in [0.4, 0.5) is 16.2 Å². The Hall–Kier alpha value is -4.13. The van der Waals surface area contributed by atoms with Crippen LogP contribution in [-0.2, 0) is 11.2 Å². The van der Waals surface area contributed by atoms with Gasteiger partial charge in [0.05, 0.1) is 11.3 Å². The fourth-order valence-corrected chi connectivity index (χ4v) is 5.65. The minimum Gasteiger partial charge on any atom is -0.480 e. The number of aryl methyl sites for hydroxylation is 2. The summed E-state index contributed by atoms with van der Waals surface area (Å²) in [6.45, 7) is 9.24. The van der Waals surface area contributed by atoms with E-state index >= 15 is 0 Å². The third-order valence-electron chi connectivity index (χ3n) is 7.83. The predicted molar refractivity (Wildman–Crippen MR) is 156 cm³/mol. The maximum Gasteiger partial charge on any atom is 0.329 e. The highest BCUT2D eigenvalue weighted by Crippen LogP contribution is 2.34. The fourth-order valence-electron chi connectivity index (χ4n) is 5.65. The van der Waals surface area contributed by atoms with Crippen molar-refractivity contribution >= 4 is 40.1 Å². The topological polar surface area (TPSA) is 108 Å². The van der Waals surface area contributed by atoms with Crippen LogP contribution in [0.15, 0.2) is 61.2 Å². The monoisotopic (exact) mass is 527 g/mol. The summed E-state index contributed by atoms with van der Waals surface area (Å²) in [5, 5.41) is 20.4. The highest BCUT2D eigenvalue weighted by molar-refractivity contribution is 6.10. The summed E-state index contributed by atoms with van der Waals surface area (Å²) in [6, 6.07) is 14.5. The van der Waals surface area contributed by atoms with Gasteiger partial charge in [-0.3, -0.25) is 4.79 Å². The van der Waals surface area contributed by atoms with Crippen LogP contribution in [0.25, 0.3) is 10.8 Å². The summed E-state index contributed by atoms with van der Waals surface area (Å²) in [5.74, 6) is -1.75. The zero-order chi connectivity index (χ0) is 28.2. The van der Waals surface area contributed by atoms with Crippen molar-refractivity contribution in [2.45, 2.75) is 64.8 Å². The van der Waals surface area contributed by atoms with Gasteiger partial charge in [-0.15, -0.1) is 6.58 Å². The molecule has 3 aromatic carbocycles. The van der Waals surface area contributed by atoms with Crippen LogP contribution in [0.3, 0.4) is 0 Å². The van der Waals surface area contributed by atoms with Gasteiger partial charge in [-0.05, 0) is 85.5 Å². The number of benzene rings is 3. The number of carboxylic acid groups (broad SMARTS) is 1. The number of carbonyl (C=O) groups excluding carboxylic acids is 2. The maximum atomic E-state index is 13.7. The van der Waals surface area contributed by atoms with Gasteiger partial charge in [0.25, 0.3) is 5.91 Å². The number of carboxylic acids is 1. The Balaban J connectivity index is 1.64. The number of hydrogen-bond acceptors (Lipinski definition) is 3. The first-order chi connectivity index (χ1) is 18.6. The standard InChI is InChI=1S/C32H37N3O4/c1-5-11-22-16-20(2)28(21(3)17-22)34-31(39)33-27-19-24-13-10-9-12-23(24)18-26(27)29(36)35-32(4,30(37)38)25-14-7-6-8-15-25/h5,9-10,12-13,16-19,25H,1,6-8,11,14-15H2,2-4H3,(H,35,36)(H,37,38)(H2,33,34,39)/t32-/m0/s1. The molecule has 1 aliphatic rings. The molecule has 1 atom stereocenters. The van der Waals surface area contributed by atoms with Crippen LogP contribution in [0, 0.1) is 19.8 Å². The lowest BCUT2D eigenvalue weighted by Gasteiger charge is -2.37. The van der Waals surface area contributed by atoms with Gasteiger partial charge in [-0.25, -0.2) is 9.59 Å². The third kappa shape index (κ3) is 6.14. The Bertz CT molecular complexity index is 1400. The van der Waals surface area contributed by atoms with Gasteiger partial charge >= 0.3 is 12.0 Å². The molecule has 0 saturated heterocycles. The summed E-state index contributed by atoms with van der Waals surface area (Å²) < 4.78 is 0. The molecule has 1 saturated carbocycles. The lowest BCUT2D eigenvalue weighted by atomic mass is 9.75. The summed E-state index contributed by atoms with van der Waals surface area (Å²) in [5.41, 5.74) is 2.75. The second kappa shape index (κ2) is 11.7. The zero-order valence-corrected chi connectivity index (χ0v) is 22.9. The minimum atomic E-state index is -1.41. The second-order valence-electron chi connectivity index (χ2n) is 10.7. The van der Waals surface area contributed by atoms with Crippen molar-refractivity contribution in [2.24, 2.45) is 5.92 Å². The average molecular weight is 528 g/mol. The van der Waals surface area contributed by atoms with Gasteiger partial charge in [0.2, 0.25) is 0 Å². The molecule has 3 amide bonds. The number of amides is 3. The van der Waals surface area contributed by atoms with Gasteiger partial charge in [-0.1, -0.05) is 61.7 Å². The molecule has 39 heavy (non-hydrogen) atoms. The highest BCUT2D eigenvalue weighted by Gasteiger charge is 2.43. The lowest BCUT2D eigenvalue weighted by Crippen LogP contribution is -2.57. The molecule has 4 N–H and O–H groups in total. The Morgan fingerprint density at radius 3 is 2.18 bits per heavy atom. The van der Waals surface area contributed by atoms with E-state index in [4.69, 9.17) is 0 Å². The van der Waals surface area contributed by atoms with Crippen molar-refractivity contribution < 1.29 is 19.5 Å². The summed E-state index contributed by atoms with van der Waals surface area (Å²) in [4.78, 5) is 39.2. The molecule has 1 fully saturated rings. The summed E-state index contributed by atoms with van der Waals surface area (Å²) in [6.07, 6.45) is 7.03. The Morgan fingerprint density at radius 1 is 0.974 bits per heavy atom. The maximum absolute atomic E-state index is 13.7. The number of allylic oxidation sites excluding steroid dienone is 1. The van der Waals surface area contributed by atoms with Crippen LogP contribution in [0.1, 0.15) is 66.1 Å². The smallest absolute Gasteiger partial charge is 0.329 e. The van der Waals surface area contributed by atoms with E-state index in [-0.39, 0.29) is 11.5 Å². The number of hydrogen-bond donors (Lipinski definition) is 4.